The molecule has 5 heteroatoms. The monoisotopic (exact) mass is 321 g/mol. The lowest BCUT2D eigenvalue weighted by molar-refractivity contribution is 0.317. The number of halogens is 3. The van der Waals surface area contributed by atoms with Crippen LogP contribution in [0.1, 0.15) is 0 Å². The Morgan fingerprint density at radius 2 is 2.12 bits per heavy atom. The second-order valence-electron chi connectivity index (χ2n) is 2.93. The van der Waals surface area contributed by atoms with Gasteiger partial charge in [0.15, 0.2) is 0 Å². The van der Waals surface area contributed by atoms with Crippen LogP contribution in [0.3, 0.4) is 0 Å². The van der Waals surface area contributed by atoms with Gasteiger partial charge in [0.25, 0.3) is 0 Å². The molecule has 0 aliphatic carbocycles. The van der Waals surface area contributed by atoms with Crippen LogP contribution in [0.5, 0.6) is 5.75 Å². The highest BCUT2D eigenvalue weighted by atomic mass is 79.9. The van der Waals surface area contributed by atoms with E-state index in [1.165, 1.54) is 0 Å². The van der Waals surface area contributed by atoms with E-state index >= 15 is 0 Å². The van der Waals surface area contributed by atoms with Gasteiger partial charge in [-0.3, -0.25) is 0 Å². The minimum absolute atomic E-state index is 0.485. The maximum Gasteiger partial charge on any atom is 0.139 e. The third-order valence-electron chi connectivity index (χ3n) is 1.74. The number of benzene rings is 1. The van der Waals surface area contributed by atoms with Crippen LogP contribution in [0.25, 0.3) is 0 Å². The molecule has 1 N–H and O–H groups in total. The van der Waals surface area contributed by atoms with Gasteiger partial charge in [-0.05, 0) is 22.0 Å². The number of rotatable bonds is 5. The fourth-order valence-corrected chi connectivity index (χ4v) is 1.86. The van der Waals surface area contributed by atoms with E-state index in [9.17, 15) is 0 Å². The van der Waals surface area contributed by atoms with Gasteiger partial charge in [0, 0.05) is 17.1 Å². The summed E-state index contributed by atoms with van der Waals surface area (Å²) in [5, 5.41) is 4.09. The van der Waals surface area contributed by atoms with E-state index < -0.39 is 0 Å². The maximum absolute atomic E-state index is 5.98. The molecule has 0 unspecified atom stereocenters. The highest BCUT2D eigenvalue weighted by Gasteiger charge is 2.06. The lowest BCUT2D eigenvalue weighted by atomic mass is 10.3. The Bertz CT molecular complexity index is 404. The van der Waals surface area contributed by atoms with Gasteiger partial charge in [-0.1, -0.05) is 29.1 Å². The van der Waals surface area contributed by atoms with Gasteiger partial charge < -0.3 is 10.1 Å². The molecule has 0 radical (unpaired) electrons. The van der Waals surface area contributed by atoms with Crippen LogP contribution in [-0.2, 0) is 0 Å². The average Bonchev–Trinajstić information content (AvgIpc) is 2.25. The van der Waals surface area contributed by atoms with Gasteiger partial charge in [-0.25, -0.2) is 0 Å². The Hall–Kier alpha value is -0.400. The largest absolute Gasteiger partial charge is 0.491 e. The molecular weight excluding hydrogens is 313 g/mol. The van der Waals surface area contributed by atoms with Gasteiger partial charge in [0.1, 0.15) is 12.4 Å². The number of hydrogen-bond donors (Lipinski definition) is 1. The van der Waals surface area contributed by atoms with Crippen molar-refractivity contribution in [3.05, 3.63) is 26.7 Å². The lowest BCUT2D eigenvalue weighted by Crippen LogP contribution is -2.21. The second kappa shape index (κ2) is 7.03. The molecule has 16 heavy (non-hydrogen) atoms. The third-order valence-corrected chi connectivity index (χ3v) is 3.23. The lowest BCUT2D eigenvalue weighted by Gasteiger charge is -2.09. The predicted octanol–water partition coefficient (Wildman–Crippen LogP) is 3.36. The first-order valence-corrected chi connectivity index (χ1v) is 6.11. The van der Waals surface area contributed by atoms with Gasteiger partial charge >= 0.3 is 0 Å². The third kappa shape index (κ3) is 4.23. The van der Waals surface area contributed by atoms with Gasteiger partial charge in [0.2, 0.25) is 0 Å². The van der Waals surface area contributed by atoms with Gasteiger partial charge in [-0.15, -0.1) is 6.42 Å². The highest BCUT2D eigenvalue weighted by molar-refractivity contribution is 9.10. The molecule has 0 bridgehead atoms. The van der Waals surface area contributed by atoms with Crippen molar-refractivity contribution in [2.24, 2.45) is 0 Å². The molecule has 0 aromatic heterocycles. The summed E-state index contributed by atoms with van der Waals surface area (Å²) in [6, 6.07) is 3.38. The number of hydrogen-bond acceptors (Lipinski definition) is 2. The second-order valence-corrected chi connectivity index (χ2v) is 4.59. The molecule has 0 fully saturated rings. The van der Waals surface area contributed by atoms with Crippen LogP contribution in [0.4, 0.5) is 0 Å². The molecule has 0 atom stereocenters. The Kier molecular flexibility index (Phi) is 6.00. The van der Waals surface area contributed by atoms with Gasteiger partial charge in [0.05, 0.1) is 16.6 Å². The van der Waals surface area contributed by atoms with Crippen LogP contribution >= 0.6 is 39.1 Å². The molecule has 1 aromatic carbocycles. The van der Waals surface area contributed by atoms with Crippen molar-refractivity contribution in [2.75, 3.05) is 19.7 Å². The smallest absolute Gasteiger partial charge is 0.139 e. The quantitative estimate of drug-likeness (QED) is 0.510. The zero-order valence-electron chi connectivity index (χ0n) is 8.40. The van der Waals surface area contributed by atoms with Crippen molar-refractivity contribution in [1.82, 2.24) is 5.32 Å². The number of ether oxygens (including phenoxy) is 1. The van der Waals surface area contributed by atoms with Crippen molar-refractivity contribution >= 4 is 39.1 Å². The van der Waals surface area contributed by atoms with Crippen molar-refractivity contribution < 1.29 is 4.74 Å². The van der Waals surface area contributed by atoms with Crippen molar-refractivity contribution in [3.63, 3.8) is 0 Å². The summed E-state index contributed by atoms with van der Waals surface area (Å²) in [5.41, 5.74) is 0. The first-order valence-electron chi connectivity index (χ1n) is 4.56. The Morgan fingerprint density at radius 3 is 2.81 bits per heavy atom. The first kappa shape index (κ1) is 13.7. The Labute approximate surface area is 113 Å². The number of nitrogens with one attached hydrogen (secondary N) is 1. The molecule has 2 nitrogen and oxygen atoms in total. The van der Waals surface area contributed by atoms with E-state index in [1.807, 2.05) is 0 Å². The molecule has 86 valence electrons. The molecule has 1 rings (SSSR count). The Morgan fingerprint density at radius 1 is 1.38 bits per heavy atom. The maximum atomic E-state index is 5.98. The summed E-state index contributed by atoms with van der Waals surface area (Å²) in [4.78, 5) is 0. The summed E-state index contributed by atoms with van der Waals surface area (Å²) in [6.45, 7) is 1.67. The standard InChI is InChI=1S/C11H10BrCl2NO/c1-2-3-15-4-5-16-11-7-9(13)8(12)6-10(11)14/h1,6-7,15H,3-5H2. The Balaban J connectivity index is 2.48. The molecule has 0 amide bonds. The van der Waals surface area contributed by atoms with E-state index in [-0.39, 0.29) is 0 Å². The van der Waals surface area contributed by atoms with Crippen LogP contribution < -0.4 is 10.1 Å². The number of terminal acetylenes is 1. The van der Waals surface area contributed by atoms with Crippen LogP contribution in [0, 0.1) is 12.3 Å². The SMILES string of the molecule is C#CCNCCOc1cc(Cl)c(Br)cc1Cl. The highest BCUT2D eigenvalue weighted by Crippen LogP contribution is 2.33. The van der Waals surface area contributed by atoms with E-state index in [0.717, 1.165) is 4.47 Å². The fourth-order valence-electron chi connectivity index (χ4n) is 1.01. The summed E-state index contributed by atoms with van der Waals surface area (Å²) in [5.74, 6) is 3.04. The summed E-state index contributed by atoms with van der Waals surface area (Å²) in [6.07, 6.45) is 5.09. The minimum atomic E-state index is 0.485. The molecule has 0 saturated carbocycles. The van der Waals surface area contributed by atoms with Crippen molar-refractivity contribution in [1.29, 1.82) is 0 Å². The van der Waals surface area contributed by atoms with E-state index in [4.69, 9.17) is 34.4 Å². The molecule has 1 aromatic rings. The first-order chi connectivity index (χ1) is 7.65. The summed E-state index contributed by atoms with van der Waals surface area (Å²) < 4.78 is 6.20. The van der Waals surface area contributed by atoms with E-state index in [0.29, 0.717) is 35.5 Å². The molecule has 0 spiro atoms. The molecule has 0 saturated heterocycles. The topological polar surface area (TPSA) is 21.3 Å². The van der Waals surface area contributed by atoms with Crippen molar-refractivity contribution in [2.45, 2.75) is 0 Å². The van der Waals surface area contributed by atoms with Crippen molar-refractivity contribution in [3.8, 4) is 18.1 Å². The predicted molar refractivity (Wildman–Crippen MR) is 71.4 cm³/mol. The zero-order chi connectivity index (χ0) is 12.0. The molecule has 0 aliphatic rings. The summed E-state index contributed by atoms with van der Waals surface area (Å²) >= 11 is 15.2. The fraction of sp³-hybridized carbons (Fsp3) is 0.273. The zero-order valence-corrected chi connectivity index (χ0v) is 11.5. The normalized spacial score (nSPS) is 9.88. The van der Waals surface area contributed by atoms with E-state index in [1.54, 1.807) is 12.1 Å². The summed E-state index contributed by atoms with van der Waals surface area (Å²) in [7, 11) is 0. The molecule has 0 heterocycles. The van der Waals surface area contributed by atoms with Crippen LogP contribution in [-0.4, -0.2) is 19.7 Å². The van der Waals surface area contributed by atoms with Gasteiger partial charge in [-0.2, -0.15) is 0 Å². The molecular formula is C11H10BrCl2NO. The van der Waals surface area contributed by atoms with Crippen LogP contribution in [0.2, 0.25) is 10.0 Å². The molecule has 0 aliphatic heterocycles. The van der Waals surface area contributed by atoms with E-state index in [2.05, 4.69) is 27.2 Å². The minimum Gasteiger partial charge on any atom is -0.491 e. The van der Waals surface area contributed by atoms with Crippen LogP contribution in [0.15, 0.2) is 16.6 Å². The average molecular weight is 323 g/mol.